The molecule has 0 radical (unpaired) electrons. The van der Waals surface area contributed by atoms with Gasteiger partial charge in [-0.05, 0) is 31.4 Å². The van der Waals surface area contributed by atoms with Crippen LogP contribution in [-0.2, 0) is 0 Å². The van der Waals surface area contributed by atoms with Crippen LogP contribution in [0.4, 0.5) is 11.6 Å². The third-order valence-electron chi connectivity index (χ3n) is 5.45. The average Bonchev–Trinajstić information content (AvgIpc) is 3.45. The smallest absolute Gasteiger partial charge is 0.142 e. The molecule has 0 saturated heterocycles. The van der Waals surface area contributed by atoms with Crippen molar-refractivity contribution in [1.82, 2.24) is 25.1 Å². The number of rotatable bonds is 10. The second kappa shape index (κ2) is 9.67. The molecule has 0 atom stereocenters. The van der Waals surface area contributed by atoms with E-state index in [1.54, 1.807) is 12.5 Å². The maximum absolute atomic E-state index is 9.34. The Morgan fingerprint density at radius 1 is 1.17 bits per heavy atom. The van der Waals surface area contributed by atoms with Crippen LogP contribution in [0.1, 0.15) is 32.1 Å². The quantitative estimate of drug-likeness (QED) is 0.453. The Morgan fingerprint density at radius 3 is 2.86 bits per heavy atom. The number of fused-ring (bicyclic) bond motifs is 1. The Kier molecular flexibility index (Phi) is 6.53. The summed E-state index contributed by atoms with van der Waals surface area (Å²) in [7, 11) is 0. The molecule has 1 aliphatic carbocycles. The number of H-pyrrole nitrogens is 1. The zero-order valence-electron chi connectivity index (χ0n) is 16.5. The number of anilines is 2. The molecule has 2 heterocycles. The van der Waals surface area contributed by atoms with Gasteiger partial charge in [0.15, 0.2) is 0 Å². The molecule has 0 bridgehead atoms. The van der Waals surface area contributed by atoms with E-state index in [4.69, 9.17) is 4.74 Å². The number of nitrogens with one attached hydrogen (secondary N) is 2. The number of hydrogen-bond donors (Lipinski definition) is 3. The third-order valence-corrected chi connectivity index (χ3v) is 5.45. The SMILES string of the molecule is OCCN(CCCOc1ccc2c(Nc3ccn[nH]3)ncnc2c1)C1CCCC1. The molecule has 0 spiro atoms. The van der Waals surface area contributed by atoms with Gasteiger partial charge in [-0.1, -0.05) is 12.8 Å². The molecular weight excluding hydrogens is 368 g/mol. The summed E-state index contributed by atoms with van der Waals surface area (Å²) in [6, 6.07) is 8.33. The van der Waals surface area contributed by atoms with Gasteiger partial charge in [0.2, 0.25) is 0 Å². The lowest BCUT2D eigenvalue weighted by Crippen LogP contribution is -2.36. The zero-order valence-corrected chi connectivity index (χ0v) is 16.5. The van der Waals surface area contributed by atoms with E-state index in [2.05, 4.69) is 30.4 Å². The number of aromatic nitrogens is 4. The van der Waals surface area contributed by atoms with Crippen LogP contribution in [0.3, 0.4) is 0 Å². The van der Waals surface area contributed by atoms with Gasteiger partial charge in [0.1, 0.15) is 23.7 Å². The van der Waals surface area contributed by atoms with Crippen LogP contribution < -0.4 is 10.1 Å². The summed E-state index contributed by atoms with van der Waals surface area (Å²) >= 11 is 0. The molecule has 8 nitrogen and oxygen atoms in total. The highest BCUT2D eigenvalue weighted by Gasteiger charge is 2.21. The van der Waals surface area contributed by atoms with E-state index >= 15 is 0 Å². The Hall–Kier alpha value is -2.71. The molecule has 3 N–H and O–H groups in total. The first-order chi connectivity index (χ1) is 14.3. The molecule has 1 saturated carbocycles. The minimum Gasteiger partial charge on any atom is -0.493 e. The summed E-state index contributed by atoms with van der Waals surface area (Å²) in [4.78, 5) is 11.1. The Labute approximate surface area is 170 Å². The second-order valence-electron chi connectivity index (χ2n) is 7.40. The molecule has 1 aliphatic rings. The van der Waals surface area contributed by atoms with Gasteiger partial charge in [-0.25, -0.2) is 9.97 Å². The maximum Gasteiger partial charge on any atom is 0.142 e. The first kappa shape index (κ1) is 19.6. The van der Waals surface area contributed by atoms with E-state index in [-0.39, 0.29) is 6.61 Å². The summed E-state index contributed by atoms with van der Waals surface area (Å²) in [5.41, 5.74) is 0.826. The van der Waals surface area contributed by atoms with Crippen LogP contribution in [0.5, 0.6) is 5.75 Å². The van der Waals surface area contributed by atoms with Crippen molar-refractivity contribution >= 4 is 22.5 Å². The predicted molar refractivity (Wildman–Crippen MR) is 112 cm³/mol. The summed E-state index contributed by atoms with van der Waals surface area (Å²) in [5.74, 6) is 2.31. The van der Waals surface area contributed by atoms with Crippen molar-refractivity contribution in [2.24, 2.45) is 0 Å². The number of aromatic amines is 1. The van der Waals surface area contributed by atoms with Crippen LogP contribution in [-0.4, -0.2) is 62.5 Å². The molecule has 3 aromatic rings. The fraction of sp³-hybridized carbons (Fsp3) is 0.476. The zero-order chi connectivity index (χ0) is 19.9. The van der Waals surface area contributed by atoms with Gasteiger partial charge in [-0.2, -0.15) is 5.10 Å². The molecule has 4 rings (SSSR count). The van der Waals surface area contributed by atoms with Crippen LogP contribution >= 0.6 is 0 Å². The van der Waals surface area contributed by atoms with Gasteiger partial charge in [0.05, 0.1) is 24.9 Å². The van der Waals surface area contributed by atoms with Crippen molar-refractivity contribution in [3.8, 4) is 5.75 Å². The maximum atomic E-state index is 9.34. The lowest BCUT2D eigenvalue weighted by atomic mass is 10.2. The number of aliphatic hydroxyl groups excluding tert-OH is 1. The third kappa shape index (κ3) is 5.02. The van der Waals surface area contributed by atoms with E-state index in [1.165, 1.54) is 25.7 Å². The molecule has 1 fully saturated rings. The van der Waals surface area contributed by atoms with Gasteiger partial charge in [-0.15, -0.1) is 0 Å². The molecule has 154 valence electrons. The first-order valence-corrected chi connectivity index (χ1v) is 10.3. The minimum absolute atomic E-state index is 0.219. The second-order valence-corrected chi connectivity index (χ2v) is 7.40. The van der Waals surface area contributed by atoms with Crippen molar-refractivity contribution in [2.75, 3.05) is 31.6 Å². The van der Waals surface area contributed by atoms with Crippen molar-refractivity contribution < 1.29 is 9.84 Å². The summed E-state index contributed by atoms with van der Waals surface area (Å²) in [6.45, 7) is 2.57. The molecule has 1 aromatic carbocycles. The molecule has 0 aliphatic heterocycles. The first-order valence-electron chi connectivity index (χ1n) is 10.3. The highest BCUT2D eigenvalue weighted by molar-refractivity contribution is 5.91. The van der Waals surface area contributed by atoms with Crippen LogP contribution in [0.2, 0.25) is 0 Å². The van der Waals surface area contributed by atoms with Gasteiger partial charge < -0.3 is 15.2 Å². The summed E-state index contributed by atoms with van der Waals surface area (Å²) < 4.78 is 5.96. The number of ether oxygens (including phenoxy) is 1. The Bertz CT molecular complexity index is 895. The van der Waals surface area contributed by atoms with Crippen molar-refractivity contribution in [1.29, 1.82) is 0 Å². The minimum atomic E-state index is 0.219. The average molecular weight is 396 g/mol. The highest BCUT2D eigenvalue weighted by Crippen LogP contribution is 2.26. The molecular formula is C21H28N6O2. The number of nitrogens with zero attached hydrogens (tertiary/aromatic N) is 4. The van der Waals surface area contributed by atoms with Crippen LogP contribution in [0.15, 0.2) is 36.8 Å². The van der Waals surface area contributed by atoms with E-state index in [1.807, 2.05) is 24.3 Å². The van der Waals surface area contributed by atoms with E-state index in [0.29, 0.717) is 12.6 Å². The van der Waals surface area contributed by atoms with Gasteiger partial charge in [0, 0.05) is 36.7 Å². The summed E-state index contributed by atoms with van der Waals surface area (Å²) in [6.07, 6.45) is 9.27. The Morgan fingerprint density at radius 2 is 2.07 bits per heavy atom. The van der Waals surface area contributed by atoms with E-state index < -0.39 is 0 Å². The standard InChI is InChI=1S/C21H28N6O2/c28-12-11-27(16-4-1-2-5-16)10-3-13-29-17-6-7-18-19(14-17)22-15-23-21(18)25-20-8-9-24-26-20/h6-9,14-16,28H,1-5,10-13H2,(H2,22,23,24,25,26). The fourth-order valence-corrected chi connectivity index (χ4v) is 4.01. The molecule has 0 unspecified atom stereocenters. The van der Waals surface area contributed by atoms with Crippen LogP contribution in [0, 0.1) is 0 Å². The molecule has 0 amide bonds. The van der Waals surface area contributed by atoms with Gasteiger partial charge >= 0.3 is 0 Å². The molecule has 8 heteroatoms. The monoisotopic (exact) mass is 396 g/mol. The van der Waals surface area contributed by atoms with Crippen molar-refractivity contribution in [2.45, 2.75) is 38.1 Å². The lowest BCUT2D eigenvalue weighted by Gasteiger charge is -2.28. The Balaban J connectivity index is 1.33. The molecule has 2 aromatic heterocycles. The summed E-state index contributed by atoms with van der Waals surface area (Å²) in [5, 5.41) is 20.3. The van der Waals surface area contributed by atoms with E-state index in [9.17, 15) is 5.11 Å². The highest BCUT2D eigenvalue weighted by atomic mass is 16.5. The predicted octanol–water partition coefficient (Wildman–Crippen LogP) is 3.10. The number of benzene rings is 1. The van der Waals surface area contributed by atoms with Crippen molar-refractivity contribution in [3.05, 3.63) is 36.8 Å². The normalized spacial score (nSPS) is 14.7. The fourth-order valence-electron chi connectivity index (χ4n) is 4.01. The van der Waals surface area contributed by atoms with Gasteiger partial charge in [0.25, 0.3) is 0 Å². The molecule has 29 heavy (non-hydrogen) atoms. The number of aliphatic hydroxyl groups is 1. The van der Waals surface area contributed by atoms with Crippen molar-refractivity contribution in [3.63, 3.8) is 0 Å². The van der Waals surface area contributed by atoms with E-state index in [0.717, 1.165) is 47.8 Å². The van der Waals surface area contributed by atoms with Gasteiger partial charge in [-0.3, -0.25) is 10.00 Å². The van der Waals surface area contributed by atoms with Crippen LogP contribution in [0.25, 0.3) is 10.9 Å². The lowest BCUT2D eigenvalue weighted by molar-refractivity contribution is 0.142. The largest absolute Gasteiger partial charge is 0.493 e. The number of hydrogen-bond acceptors (Lipinski definition) is 7. The topological polar surface area (TPSA) is 99.2 Å².